The lowest BCUT2D eigenvalue weighted by Crippen LogP contribution is -2.54. The van der Waals surface area contributed by atoms with E-state index in [2.05, 4.69) is 5.32 Å². The molecule has 1 atom stereocenters. The summed E-state index contributed by atoms with van der Waals surface area (Å²) in [6.45, 7) is 0.616. The second-order valence-electron chi connectivity index (χ2n) is 9.96. The summed E-state index contributed by atoms with van der Waals surface area (Å²) in [5, 5.41) is 3.27. The highest BCUT2D eigenvalue weighted by molar-refractivity contribution is 7.92. The third kappa shape index (κ3) is 8.89. The van der Waals surface area contributed by atoms with E-state index in [-0.39, 0.29) is 29.1 Å². The van der Waals surface area contributed by atoms with Crippen molar-refractivity contribution in [2.75, 3.05) is 17.1 Å². The highest BCUT2D eigenvalue weighted by Gasteiger charge is 2.36. The van der Waals surface area contributed by atoms with Crippen molar-refractivity contribution in [3.05, 3.63) is 62.6 Å². The topological polar surface area (TPSA) is 86.8 Å². The molecule has 0 radical (unpaired) electrons. The van der Waals surface area contributed by atoms with Crippen LogP contribution in [0.25, 0.3) is 0 Å². The van der Waals surface area contributed by atoms with Crippen LogP contribution >= 0.6 is 34.8 Å². The molecule has 7 nitrogen and oxygen atoms in total. The molecule has 14 heteroatoms. The van der Waals surface area contributed by atoms with Crippen LogP contribution in [-0.2, 0) is 32.3 Å². The van der Waals surface area contributed by atoms with Crippen LogP contribution in [0.15, 0.2) is 36.4 Å². The minimum absolute atomic E-state index is 0.0576. The molecule has 0 spiro atoms. The van der Waals surface area contributed by atoms with E-state index in [1.165, 1.54) is 11.0 Å². The maximum atomic E-state index is 13.9. The summed E-state index contributed by atoms with van der Waals surface area (Å²) >= 11 is 18.5. The van der Waals surface area contributed by atoms with Crippen LogP contribution in [-0.4, -0.2) is 50.0 Å². The first kappa shape index (κ1) is 33.3. The molecule has 0 aromatic heterocycles. The van der Waals surface area contributed by atoms with Gasteiger partial charge in [0.15, 0.2) is 0 Å². The van der Waals surface area contributed by atoms with E-state index in [1.54, 1.807) is 19.1 Å². The van der Waals surface area contributed by atoms with Gasteiger partial charge in [-0.2, -0.15) is 13.2 Å². The molecule has 1 fully saturated rings. The maximum absolute atomic E-state index is 13.9. The van der Waals surface area contributed by atoms with Gasteiger partial charge in [0.25, 0.3) is 0 Å². The summed E-state index contributed by atoms with van der Waals surface area (Å²) in [5.41, 5.74) is -1.21. The summed E-state index contributed by atoms with van der Waals surface area (Å²) in [4.78, 5) is 28.5. The fourth-order valence-electron chi connectivity index (χ4n) is 4.77. The van der Waals surface area contributed by atoms with Crippen molar-refractivity contribution in [2.45, 2.75) is 70.3 Å². The molecule has 0 aliphatic heterocycles. The summed E-state index contributed by atoms with van der Waals surface area (Å²) < 4.78 is 66.4. The van der Waals surface area contributed by atoms with Gasteiger partial charge in [-0.05, 0) is 55.2 Å². The predicted molar refractivity (Wildman–Crippen MR) is 155 cm³/mol. The zero-order valence-electron chi connectivity index (χ0n) is 22.5. The molecular formula is C27H31Cl3F3N3O4S. The van der Waals surface area contributed by atoms with Gasteiger partial charge in [0, 0.05) is 22.6 Å². The second kappa shape index (κ2) is 13.8. The average molecular weight is 657 g/mol. The minimum Gasteiger partial charge on any atom is -0.352 e. The molecular weight excluding hydrogens is 626 g/mol. The number of nitrogens with zero attached hydrogens (tertiary/aromatic N) is 2. The zero-order valence-corrected chi connectivity index (χ0v) is 25.6. The molecule has 1 aliphatic rings. The number of sulfonamides is 1. The number of halogens is 6. The fourth-order valence-corrected chi connectivity index (χ4v) is 6.36. The number of hydrogen-bond donors (Lipinski definition) is 1. The number of carbonyl (C=O) groups excluding carboxylic acids is 2. The minimum atomic E-state index is -4.78. The molecule has 1 aliphatic carbocycles. The van der Waals surface area contributed by atoms with Crippen molar-refractivity contribution in [2.24, 2.45) is 0 Å². The van der Waals surface area contributed by atoms with Crippen molar-refractivity contribution >= 4 is 62.3 Å². The van der Waals surface area contributed by atoms with Gasteiger partial charge in [-0.3, -0.25) is 13.9 Å². The molecule has 0 heterocycles. The summed E-state index contributed by atoms with van der Waals surface area (Å²) in [6.07, 6.45) is 0.752. The van der Waals surface area contributed by atoms with Crippen LogP contribution in [0.3, 0.4) is 0 Å². The Labute approximate surface area is 253 Å². The lowest BCUT2D eigenvalue weighted by Gasteiger charge is -2.34. The number of amides is 2. The lowest BCUT2D eigenvalue weighted by molar-refractivity contribution is -0.140. The van der Waals surface area contributed by atoms with Gasteiger partial charge in [0.1, 0.15) is 12.6 Å². The summed E-state index contributed by atoms with van der Waals surface area (Å²) in [7, 11) is -4.30. The normalized spacial score (nSPS) is 15.3. The first-order chi connectivity index (χ1) is 19.1. The van der Waals surface area contributed by atoms with Crippen molar-refractivity contribution in [1.29, 1.82) is 0 Å². The van der Waals surface area contributed by atoms with Gasteiger partial charge in [0.05, 0.1) is 22.5 Å². The van der Waals surface area contributed by atoms with Crippen molar-refractivity contribution in [3.8, 4) is 0 Å². The number of rotatable bonds is 10. The fraction of sp³-hybridized carbons (Fsp3) is 0.481. The SMILES string of the molecule is CC[C@H](C(=O)NC1CCCCC1)N(Cc1ccc(Cl)cc1Cl)C(=O)CN(c1cc(C(F)(F)F)ccc1Cl)S(C)(=O)=O. The van der Waals surface area contributed by atoms with Gasteiger partial charge in [-0.1, -0.05) is 67.1 Å². The number of hydrogen-bond acceptors (Lipinski definition) is 4. The van der Waals surface area contributed by atoms with Crippen molar-refractivity contribution in [1.82, 2.24) is 10.2 Å². The Kier molecular flexibility index (Phi) is 11.2. The smallest absolute Gasteiger partial charge is 0.352 e. The van der Waals surface area contributed by atoms with E-state index < -0.39 is 51.9 Å². The lowest BCUT2D eigenvalue weighted by atomic mass is 9.95. The van der Waals surface area contributed by atoms with Gasteiger partial charge in [0.2, 0.25) is 21.8 Å². The molecule has 41 heavy (non-hydrogen) atoms. The van der Waals surface area contributed by atoms with Crippen molar-refractivity contribution < 1.29 is 31.2 Å². The molecule has 226 valence electrons. The Morgan fingerprint density at radius 2 is 1.68 bits per heavy atom. The van der Waals surface area contributed by atoms with E-state index in [9.17, 15) is 31.2 Å². The van der Waals surface area contributed by atoms with Gasteiger partial charge in [-0.15, -0.1) is 0 Å². The van der Waals surface area contributed by atoms with Crippen LogP contribution in [0.2, 0.25) is 15.1 Å². The van der Waals surface area contributed by atoms with E-state index in [4.69, 9.17) is 34.8 Å². The Hall–Kier alpha value is -2.21. The molecule has 3 rings (SSSR count). The van der Waals surface area contributed by atoms with E-state index in [1.807, 2.05) is 0 Å². The Bertz CT molecular complexity index is 1370. The third-order valence-electron chi connectivity index (χ3n) is 6.91. The Morgan fingerprint density at radius 1 is 1.02 bits per heavy atom. The monoisotopic (exact) mass is 655 g/mol. The standard InChI is InChI=1S/C27H31Cl3F3N3O4S/c1-3-23(26(38)34-20-7-5-4-6-8-20)35(15-17-9-11-19(28)14-22(17)30)25(37)16-36(41(2,39)40)24-13-18(27(31,32)33)10-12-21(24)29/h9-14,20,23H,3-8,15-16H2,1-2H3,(H,34,38)/t23-/m1/s1. The van der Waals surface area contributed by atoms with Gasteiger partial charge >= 0.3 is 6.18 Å². The van der Waals surface area contributed by atoms with Gasteiger partial charge < -0.3 is 10.2 Å². The second-order valence-corrected chi connectivity index (χ2v) is 13.1. The molecule has 0 bridgehead atoms. The number of benzene rings is 2. The average Bonchev–Trinajstić information content (AvgIpc) is 2.88. The molecule has 2 aromatic rings. The number of carbonyl (C=O) groups is 2. The highest BCUT2D eigenvalue weighted by atomic mass is 35.5. The van der Waals surface area contributed by atoms with Gasteiger partial charge in [-0.25, -0.2) is 8.42 Å². The first-order valence-electron chi connectivity index (χ1n) is 13.0. The largest absolute Gasteiger partial charge is 0.416 e. The number of anilines is 1. The number of alkyl halides is 3. The highest BCUT2D eigenvalue weighted by Crippen LogP contribution is 2.36. The molecule has 2 amide bonds. The molecule has 0 unspecified atom stereocenters. The molecule has 2 aromatic carbocycles. The Balaban J connectivity index is 2.01. The van der Waals surface area contributed by atoms with Crippen LogP contribution < -0.4 is 9.62 Å². The van der Waals surface area contributed by atoms with E-state index in [0.717, 1.165) is 44.4 Å². The summed E-state index contributed by atoms with van der Waals surface area (Å²) in [5.74, 6) is -1.25. The van der Waals surface area contributed by atoms with Crippen LogP contribution in [0.5, 0.6) is 0 Å². The third-order valence-corrected chi connectivity index (χ3v) is 8.95. The molecule has 1 saturated carbocycles. The van der Waals surface area contributed by atoms with Crippen LogP contribution in [0.4, 0.5) is 18.9 Å². The zero-order chi connectivity index (χ0) is 30.5. The van der Waals surface area contributed by atoms with Crippen LogP contribution in [0.1, 0.15) is 56.6 Å². The molecule has 1 N–H and O–H groups in total. The van der Waals surface area contributed by atoms with Crippen molar-refractivity contribution in [3.63, 3.8) is 0 Å². The number of nitrogens with one attached hydrogen (secondary N) is 1. The maximum Gasteiger partial charge on any atom is 0.416 e. The predicted octanol–water partition coefficient (Wildman–Crippen LogP) is 6.69. The van der Waals surface area contributed by atoms with Crippen LogP contribution in [0, 0.1) is 0 Å². The quantitative estimate of drug-likeness (QED) is 0.309. The van der Waals surface area contributed by atoms with E-state index >= 15 is 0 Å². The Morgan fingerprint density at radius 3 is 2.24 bits per heavy atom. The first-order valence-corrected chi connectivity index (χ1v) is 16.0. The van der Waals surface area contributed by atoms with E-state index in [0.29, 0.717) is 27.0 Å². The molecule has 0 saturated heterocycles. The summed E-state index contributed by atoms with van der Waals surface area (Å²) in [6, 6.07) is 5.73.